The number of urea groups is 1. The second-order valence-corrected chi connectivity index (χ2v) is 12.2. The lowest BCUT2D eigenvalue weighted by Crippen LogP contribution is -2.55. The summed E-state index contributed by atoms with van der Waals surface area (Å²) in [5.41, 5.74) is 2.44. The van der Waals surface area contributed by atoms with Gasteiger partial charge in [0.25, 0.3) is 0 Å². The van der Waals surface area contributed by atoms with Crippen molar-refractivity contribution in [1.29, 1.82) is 5.26 Å². The van der Waals surface area contributed by atoms with Crippen molar-refractivity contribution < 1.29 is 14.3 Å². The Morgan fingerprint density at radius 3 is 2.51 bits per heavy atom. The number of nitrogens with zero attached hydrogens (tertiary/aromatic N) is 4. The number of likely N-dealkylation sites (tertiary alicyclic amines) is 1. The van der Waals surface area contributed by atoms with E-state index in [1.807, 2.05) is 46.8 Å². The summed E-state index contributed by atoms with van der Waals surface area (Å²) in [5.74, 6) is 0. The zero-order chi connectivity index (χ0) is 28.4. The molecule has 1 fully saturated rings. The molecule has 3 aromatic rings. The monoisotopic (exact) mass is 566 g/mol. The van der Waals surface area contributed by atoms with Gasteiger partial charge < -0.3 is 15.0 Å². The molecule has 0 spiro atoms. The van der Waals surface area contributed by atoms with Crippen LogP contribution in [0.4, 0.5) is 14.7 Å². The second kappa shape index (κ2) is 11.2. The minimum atomic E-state index is -0.581. The Kier molecular flexibility index (Phi) is 8.14. The van der Waals surface area contributed by atoms with E-state index in [4.69, 9.17) is 21.3 Å². The van der Waals surface area contributed by atoms with Crippen molar-refractivity contribution in [1.82, 2.24) is 20.2 Å². The topological polar surface area (TPSA) is 120 Å². The highest BCUT2D eigenvalue weighted by atomic mass is 35.5. The fourth-order valence-corrected chi connectivity index (χ4v) is 5.52. The smallest absolute Gasteiger partial charge is 0.408 e. The number of hydrogen-bond donors (Lipinski definition) is 2. The lowest BCUT2D eigenvalue weighted by atomic mass is 9.90. The highest BCUT2D eigenvalue weighted by molar-refractivity contribution is 7.19. The summed E-state index contributed by atoms with van der Waals surface area (Å²) in [6, 6.07) is 12.7. The maximum atomic E-state index is 13.2. The van der Waals surface area contributed by atoms with Gasteiger partial charge in [0.2, 0.25) is 0 Å². The molecule has 0 unspecified atom stereocenters. The molecule has 4 rings (SSSR count). The average Bonchev–Trinajstić information content (AvgIpc) is 3.26. The van der Waals surface area contributed by atoms with Crippen molar-refractivity contribution in [2.75, 3.05) is 18.4 Å². The molecule has 0 aliphatic carbocycles. The molecule has 2 aromatic heterocycles. The summed E-state index contributed by atoms with van der Waals surface area (Å²) in [5, 5.41) is 16.1. The van der Waals surface area contributed by atoms with Crippen LogP contribution in [-0.4, -0.2) is 51.2 Å². The van der Waals surface area contributed by atoms with Crippen LogP contribution >= 0.6 is 22.9 Å². The van der Waals surface area contributed by atoms with Crippen LogP contribution in [0.5, 0.6) is 0 Å². The van der Waals surface area contributed by atoms with Gasteiger partial charge in [-0.15, -0.1) is 0 Å². The number of amides is 3. The molecule has 1 saturated heterocycles. The van der Waals surface area contributed by atoms with Gasteiger partial charge in [-0.1, -0.05) is 35.1 Å². The summed E-state index contributed by atoms with van der Waals surface area (Å²) in [6.07, 6.45) is 0.714. The number of halogens is 1. The third kappa shape index (κ3) is 7.25. The molecule has 11 heteroatoms. The molecule has 0 saturated carbocycles. The Morgan fingerprint density at radius 1 is 1.15 bits per heavy atom. The third-order valence-electron chi connectivity index (χ3n) is 6.25. The van der Waals surface area contributed by atoms with Crippen LogP contribution in [0, 0.1) is 18.3 Å². The highest BCUT2D eigenvalue weighted by Gasteiger charge is 2.35. The van der Waals surface area contributed by atoms with E-state index in [9.17, 15) is 14.9 Å². The number of alkyl carbamates (subject to hydrolysis) is 1. The standard InChI is InChI=1S/C28H31ClN6O3S/c1-17-13-20(15-21(29)31-17)23-22(19-8-6-7-18(14-19)16-30)32-24(39-23)33-25(36)35-11-9-28(5,10-12-35)34-26(37)38-27(2,3)4/h6-8,13-15H,9-12H2,1-5H3,(H,34,37)(H,32,33,36). The van der Waals surface area contributed by atoms with Crippen LogP contribution in [0.1, 0.15) is 51.8 Å². The lowest BCUT2D eigenvalue weighted by molar-refractivity contribution is 0.0422. The Bertz CT molecular complexity index is 1410. The number of rotatable bonds is 4. The second-order valence-electron chi connectivity index (χ2n) is 10.8. The largest absolute Gasteiger partial charge is 0.444 e. The van der Waals surface area contributed by atoms with E-state index in [0.29, 0.717) is 47.5 Å². The zero-order valence-corrected chi connectivity index (χ0v) is 24.2. The molecule has 1 aromatic carbocycles. The maximum Gasteiger partial charge on any atom is 0.408 e. The van der Waals surface area contributed by atoms with Gasteiger partial charge >= 0.3 is 12.1 Å². The van der Waals surface area contributed by atoms with Crippen molar-refractivity contribution in [3.8, 4) is 27.8 Å². The molecule has 204 valence electrons. The number of benzene rings is 1. The van der Waals surface area contributed by atoms with Gasteiger partial charge in [0.05, 0.1) is 22.2 Å². The molecule has 2 N–H and O–H groups in total. The van der Waals surface area contributed by atoms with Crippen LogP contribution in [0.15, 0.2) is 36.4 Å². The Balaban J connectivity index is 1.52. The van der Waals surface area contributed by atoms with Gasteiger partial charge in [-0.3, -0.25) is 5.32 Å². The predicted molar refractivity (Wildman–Crippen MR) is 153 cm³/mol. The Hall–Kier alpha value is -3.68. The van der Waals surface area contributed by atoms with E-state index in [0.717, 1.165) is 21.7 Å². The molecular formula is C28H31ClN6O3S. The lowest BCUT2D eigenvalue weighted by Gasteiger charge is -2.39. The molecule has 1 aliphatic rings. The number of piperidine rings is 1. The third-order valence-corrected chi connectivity index (χ3v) is 7.46. The van der Waals surface area contributed by atoms with E-state index < -0.39 is 17.2 Å². The van der Waals surface area contributed by atoms with Gasteiger partial charge in [0, 0.05) is 29.9 Å². The number of aryl methyl sites for hydroxylation is 1. The molecule has 39 heavy (non-hydrogen) atoms. The number of carbonyl (C=O) groups is 2. The molecule has 9 nitrogen and oxygen atoms in total. The molecule has 3 heterocycles. The fourth-order valence-electron chi connectivity index (χ4n) is 4.31. The summed E-state index contributed by atoms with van der Waals surface area (Å²) in [4.78, 5) is 37.0. The minimum Gasteiger partial charge on any atom is -0.444 e. The summed E-state index contributed by atoms with van der Waals surface area (Å²) in [7, 11) is 0. The SMILES string of the molecule is Cc1cc(-c2sc(NC(=O)N3CCC(C)(NC(=O)OC(C)(C)C)CC3)nc2-c2cccc(C#N)c2)cc(Cl)n1. The summed E-state index contributed by atoms with van der Waals surface area (Å²) < 4.78 is 5.39. The first kappa shape index (κ1) is 28.3. The number of hydrogen-bond acceptors (Lipinski definition) is 7. The van der Waals surface area contributed by atoms with Gasteiger partial charge in [-0.25, -0.2) is 19.6 Å². The van der Waals surface area contributed by atoms with E-state index >= 15 is 0 Å². The first-order chi connectivity index (χ1) is 18.3. The molecule has 0 bridgehead atoms. The van der Waals surface area contributed by atoms with Crippen LogP contribution in [-0.2, 0) is 4.74 Å². The van der Waals surface area contributed by atoms with Crippen molar-refractivity contribution in [3.05, 3.63) is 52.8 Å². The van der Waals surface area contributed by atoms with Gasteiger partial charge in [-0.2, -0.15) is 5.26 Å². The van der Waals surface area contributed by atoms with Crippen LogP contribution in [0.25, 0.3) is 21.7 Å². The predicted octanol–water partition coefficient (Wildman–Crippen LogP) is 6.62. The van der Waals surface area contributed by atoms with Gasteiger partial charge in [-0.05, 0) is 77.3 Å². The van der Waals surface area contributed by atoms with Crippen molar-refractivity contribution in [3.63, 3.8) is 0 Å². The maximum absolute atomic E-state index is 13.2. The average molecular weight is 567 g/mol. The number of nitrogens with one attached hydrogen (secondary N) is 2. The highest BCUT2D eigenvalue weighted by Crippen LogP contribution is 2.40. The number of anilines is 1. The van der Waals surface area contributed by atoms with E-state index in [-0.39, 0.29) is 6.03 Å². The van der Waals surface area contributed by atoms with E-state index in [1.54, 1.807) is 29.2 Å². The molecule has 3 amide bonds. The molecule has 0 atom stereocenters. The summed E-state index contributed by atoms with van der Waals surface area (Å²) in [6.45, 7) is 10.2. The first-order valence-electron chi connectivity index (χ1n) is 12.6. The Morgan fingerprint density at radius 2 is 1.87 bits per heavy atom. The van der Waals surface area contributed by atoms with Crippen molar-refractivity contribution in [2.24, 2.45) is 0 Å². The van der Waals surface area contributed by atoms with Crippen LogP contribution < -0.4 is 10.6 Å². The number of ether oxygens (including phenoxy) is 1. The van der Waals surface area contributed by atoms with Gasteiger partial charge in [0.1, 0.15) is 10.8 Å². The molecular weight excluding hydrogens is 536 g/mol. The quantitative estimate of drug-likeness (QED) is 0.342. The Labute approximate surface area is 237 Å². The summed E-state index contributed by atoms with van der Waals surface area (Å²) >= 11 is 7.58. The van der Waals surface area contributed by atoms with Crippen molar-refractivity contribution in [2.45, 2.75) is 58.6 Å². The fraction of sp³-hybridized carbons (Fsp3) is 0.393. The number of pyridine rings is 1. The number of carbonyl (C=O) groups excluding carboxylic acids is 2. The van der Waals surface area contributed by atoms with Crippen molar-refractivity contribution >= 4 is 40.2 Å². The number of thiazole rings is 1. The molecule has 0 radical (unpaired) electrons. The molecule has 1 aliphatic heterocycles. The first-order valence-corrected chi connectivity index (χ1v) is 13.8. The van der Waals surface area contributed by atoms with Crippen LogP contribution in [0.3, 0.4) is 0 Å². The van der Waals surface area contributed by atoms with E-state index in [1.165, 1.54) is 11.3 Å². The zero-order valence-electron chi connectivity index (χ0n) is 22.6. The van der Waals surface area contributed by atoms with Gasteiger partial charge in [0.15, 0.2) is 5.13 Å². The number of aromatic nitrogens is 2. The number of nitriles is 1. The van der Waals surface area contributed by atoms with E-state index in [2.05, 4.69) is 21.7 Å². The van der Waals surface area contributed by atoms with Crippen LogP contribution in [0.2, 0.25) is 5.15 Å². The minimum absolute atomic E-state index is 0.268. The normalized spacial score (nSPS) is 14.8.